The molecule has 0 aromatic heterocycles. The summed E-state index contributed by atoms with van der Waals surface area (Å²) < 4.78 is 5.76. The zero-order valence-corrected chi connectivity index (χ0v) is 8.94. The number of aliphatic hydroxyl groups excluding tert-OH is 1. The van der Waals surface area contributed by atoms with Crippen LogP contribution in [0.3, 0.4) is 0 Å². The monoisotopic (exact) mass is 204 g/mol. The number of ether oxygens (including phenoxy) is 1. The van der Waals surface area contributed by atoms with Crippen molar-refractivity contribution < 1.29 is 9.84 Å². The predicted octanol–water partition coefficient (Wildman–Crippen LogP) is 2.59. The first-order valence-electron chi connectivity index (χ1n) is 5.34. The van der Waals surface area contributed by atoms with Gasteiger partial charge < -0.3 is 9.84 Å². The second-order valence-electron chi connectivity index (χ2n) is 3.94. The van der Waals surface area contributed by atoms with E-state index in [0.29, 0.717) is 0 Å². The first kappa shape index (κ1) is 10.2. The summed E-state index contributed by atoms with van der Waals surface area (Å²) in [5, 5.41) is 9.09. The van der Waals surface area contributed by atoms with Crippen LogP contribution >= 0.6 is 0 Å². The molecule has 2 rings (SSSR count). The van der Waals surface area contributed by atoms with E-state index in [9.17, 15) is 0 Å². The Morgan fingerprint density at radius 3 is 2.73 bits per heavy atom. The molecule has 1 aliphatic heterocycles. The van der Waals surface area contributed by atoms with E-state index in [1.54, 1.807) is 0 Å². The molecule has 1 unspecified atom stereocenters. The fraction of sp³-hybridized carbons (Fsp3) is 0.385. The van der Waals surface area contributed by atoms with Crippen molar-refractivity contribution in [3.63, 3.8) is 0 Å². The van der Waals surface area contributed by atoms with Crippen LogP contribution in [-0.2, 0) is 4.74 Å². The predicted molar refractivity (Wildman–Crippen MR) is 60.2 cm³/mol. The molecule has 1 aliphatic rings. The number of hydrogen-bond donors (Lipinski definition) is 1. The van der Waals surface area contributed by atoms with Crippen molar-refractivity contribution in [3.8, 4) is 0 Å². The van der Waals surface area contributed by atoms with Crippen LogP contribution in [0.2, 0.25) is 0 Å². The Balaban J connectivity index is 2.27. The molecule has 0 amide bonds. The van der Waals surface area contributed by atoms with Gasteiger partial charge in [-0.2, -0.15) is 0 Å². The topological polar surface area (TPSA) is 29.5 Å². The van der Waals surface area contributed by atoms with E-state index in [4.69, 9.17) is 9.84 Å². The highest BCUT2D eigenvalue weighted by atomic mass is 16.5. The van der Waals surface area contributed by atoms with E-state index >= 15 is 0 Å². The van der Waals surface area contributed by atoms with Crippen LogP contribution in [0.5, 0.6) is 0 Å². The minimum Gasteiger partial charge on any atom is -0.487 e. The smallest absolute Gasteiger partial charge is 0.125 e. The molecule has 0 fully saturated rings. The van der Waals surface area contributed by atoms with E-state index < -0.39 is 0 Å². The number of aliphatic hydroxyl groups is 1. The molecule has 1 N–H and O–H groups in total. The third kappa shape index (κ3) is 2.21. The second kappa shape index (κ2) is 4.49. The van der Waals surface area contributed by atoms with E-state index in [1.165, 1.54) is 5.57 Å². The van der Waals surface area contributed by atoms with Crippen LogP contribution in [0.4, 0.5) is 0 Å². The van der Waals surface area contributed by atoms with Gasteiger partial charge in [-0.05, 0) is 25.3 Å². The zero-order valence-electron chi connectivity index (χ0n) is 8.94. The molecule has 15 heavy (non-hydrogen) atoms. The van der Waals surface area contributed by atoms with Crippen molar-refractivity contribution in [2.24, 2.45) is 0 Å². The van der Waals surface area contributed by atoms with E-state index in [0.717, 1.165) is 24.2 Å². The molecule has 0 saturated heterocycles. The van der Waals surface area contributed by atoms with Gasteiger partial charge in [-0.3, -0.25) is 0 Å². The molecule has 0 radical (unpaired) electrons. The maximum Gasteiger partial charge on any atom is 0.125 e. The lowest BCUT2D eigenvalue weighted by Crippen LogP contribution is -2.21. The summed E-state index contributed by atoms with van der Waals surface area (Å²) in [6.07, 6.45) is 1.89. The van der Waals surface area contributed by atoms with E-state index in [1.807, 2.05) is 30.3 Å². The van der Waals surface area contributed by atoms with Crippen molar-refractivity contribution in [1.29, 1.82) is 0 Å². The summed E-state index contributed by atoms with van der Waals surface area (Å²) in [6, 6.07) is 10.1. The Labute approximate surface area is 90.2 Å². The van der Waals surface area contributed by atoms with Crippen molar-refractivity contribution in [2.75, 3.05) is 6.61 Å². The summed E-state index contributed by atoms with van der Waals surface area (Å²) in [6.45, 7) is 2.19. The van der Waals surface area contributed by atoms with Crippen LogP contribution in [0.1, 0.15) is 25.3 Å². The maximum atomic E-state index is 9.09. The molecule has 0 bridgehead atoms. The molecule has 1 heterocycles. The molecule has 1 aromatic carbocycles. The molecule has 1 aromatic rings. The van der Waals surface area contributed by atoms with Gasteiger partial charge in [-0.1, -0.05) is 30.3 Å². The summed E-state index contributed by atoms with van der Waals surface area (Å²) in [5.74, 6) is 0.945. The first-order chi connectivity index (χ1) is 7.31. The first-order valence-corrected chi connectivity index (χ1v) is 5.34. The van der Waals surface area contributed by atoms with Crippen LogP contribution in [0, 0.1) is 0 Å². The highest BCUT2D eigenvalue weighted by Crippen LogP contribution is 2.30. The zero-order chi connectivity index (χ0) is 10.7. The van der Waals surface area contributed by atoms with Gasteiger partial charge in [0.05, 0.1) is 6.61 Å². The second-order valence-corrected chi connectivity index (χ2v) is 3.94. The highest BCUT2D eigenvalue weighted by Gasteiger charge is 2.19. The molecule has 0 spiro atoms. The molecule has 2 nitrogen and oxygen atoms in total. The lowest BCUT2D eigenvalue weighted by molar-refractivity contribution is 0.0764. The number of allylic oxidation sites excluding steroid dienone is 1. The van der Waals surface area contributed by atoms with Crippen molar-refractivity contribution in [3.05, 3.63) is 41.5 Å². The number of rotatable bonds is 2. The Morgan fingerprint density at radius 1 is 1.33 bits per heavy atom. The largest absolute Gasteiger partial charge is 0.487 e. The standard InChI is InChI=1S/C13H16O2/c1-10-7-8-12(9-14)15-13(10)11-5-3-2-4-6-11/h2-6,12,14H,7-9H2,1H3. The summed E-state index contributed by atoms with van der Waals surface area (Å²) >= 11 is 0. The van der Waals surface area contributed by atoms with Gasteiger partial charge in [0.1, 0.15) is 11.9 Å². The molecule has 0 aliphatic carbocycles. The Morgan fingerprint density at radius 2 is 2.07 bits per heavy atom. The molecule has 0 saturated carbocycles. The fourth-order valence-electron chi connectivity index (χ4n) is 1.85. The average Bonchev–Trinajstić information content (AvgIpc) is 2.31. The number of hydrogen-bond acceptors (Lipinski definition) is 2. The molecular formula is C13H16O2. The van der Waals surface area contributed by atoms with Crippen LogP contribution in [0.25, 0.3) is 5.76 Å². The van der Waals surface area contributed by atoms with Gasteiger partial charge in [-0.25, -0.2) is 0 Å². The lowest BCUT2D eigenvalue weighted by atomic mass is 10.0. The number of benzene rings is 1. The van der Waals surface area contributed by atoms with Crippen LogP contribution in [-0.4, -0.2) is 17.8 Å². The SMILES string of the molecule is CC1=C(c2ccccc2)OC(CO)CC1. The molecule has 2 heteroatoms. The van der Waals surface area contributed by atoms with Gasteiger partial charge >= 0.3 is 0 Å². The van der Waals surface area contributed by atoms with E-state index in [-0.39, 0.29) is 12.7 Å². The van der Waals surface area contributed by atoms with Crippen molar-refractivity contribution in [2.45, 2.75) is 25.9 Å². The quantitative estimate of drug-likeness (QED) is 0.802. The molecule has 1 atom stereocenters. The third-order valence-corrected chi connectivity index (χ3v) is 2.75. The Hall–Kier alpha value is -1.28. The van der Waals surface area contributed by atoms with Gasteiger partial charge in [-0.15, -0.1) is 0 Å². The minimum absolute atomic E-state index is 0.0380. The van der Waals surface area contributed by atoms with Gasteiger partial charge in [0.15, 0.2) is 0 Å². The van der Waals surface area contributed by atoms with Gasteiger partial charge in [0, 0.05) is 5.56 Å². The Bertz CT molecular complexity index is 354. The van der Waals surface area contributed by atoms with Crippen LogP contribution < -0.4 is 0 Å². The lowest BCUT2D eigenvalue weighted by Gasteiger charge is -2.26. The summed E-state index contributed by atoms with van der Waals surface area (Å²) in [7, 11) is 0. The van der Waals surface area contributed by atoms with Crippen LogP contribution in [0.15, 0.2) is 35.9 Å². The normalized spacial score (nSPS) is 21.3. The van der Waals surface area contributed by atoms with Crippen molar-refractivity contribution in [1.82, 2.24) is 0 Å². The maximum absolute atomic E-state index is 9.09. The molecular weight excluding hydrogens is 188 g/mol. The van der Waals surface area contributed by atoms with Gasteiger partial charge in [0.2, 0.25) is 0 Å². The summed E-state index contributed by atoms with van der Waals surface area (Å²) in [5.41, 5.74) is 2.37. The van der Waals surface area contributed by atoms with Crippen molar-refractivity contribution >= 4 is 5.76 Å². The molecule has 80 valence electrons. The average molecular weight is 204 g/mol. The summed E-state index contributed by atoms with van der Waals surface area (Å²) in [4.78, 5) is 0. The van der Waals surface area contributed by atoms with Gasteiger partial charge in [0.25, 0.3) is 0 Å². The van der Waals surface area contributed by atoms with E-state index in [2.05, 4.69) is 6.92 Å². The third-order valence-electron chi connectivity index (χ3n) is 2.75. The fourth-order valence-corrected chi connectivity index (χ4v) is 1.85. The highest BCUT2D eigenvalue weighted by molar-refractivity contribution is 5.63. The minimum atomic E-state index is -0.0380. The Kier molecular flexibility index (Phi) is 3.07.